The lowest BCUT2D eigenvalue weighted by molar-refractivity contribution is 0.0947. The molecule has 19 heavy (non-hydrogen) atoms. The van der Waals surface area contributed by atoms with E-state index in [9.17, 15) is 4.79 Å². The molecule has 0 unspecified atom stereocenters. The van der Waals surface area contributed by atoms with E-state index in [1.54, 1.807) is 0 Å². The van der Waals surface area contributed by atoms with E-state index in [0.717, 1.165) is 12.1 Å². The maximum Gasteiger partial charge on any atom is 0.262 e. The minimum absolute atomic E-state index is 0.00175. The fraction of sp³-hybridized carbons (Fsp3) is 0.533. The number of amides is 1. The Hall–Kier alpha value is -1.31. The minimum Gasteiger partial charge on any atom is -0.351 e. The zero-order valence-electron chi connectivity index (χ0n) is 11.1. The van der Waals surface area contributed by atoms with Crippen molar-refractivity contribution in [1.82, 2.24) is 5.32 Å². The van der Waals surface area contributed by atoms with Gasteiger partial charge in [-0.05, 0) is 30.2 Å². The first-order chi connectivity index (χ1) is 9.31. The molecular weight excluding hydrogens is 256 g/mol. The van der Waals surface area contributed by atoms with Crippen molar-refractivity contribution in [1.29, 1.82) is 0 Å². The molecule has 0 aliphatic heterocycles. The van der Waals surface area contributed by atoms with Gasteiger partial charge in [0.05, 0.1) is 6.54 Å². The molecule has 3 N–H and O–H groups in total. The average molecular weight is 276 g/mol. The van der Waals surface area contributed by atoms with Gasteiger partial charge in [0.1, 0.15) is 4.88 Å². The summed E-state index contributed by atoms with van der Waals surface area (Å²) in [5, 5.41) is 4.94. The predicted molar refractivity (Wildman–Crippen MR) is 79.2 cm³/mol. The van der Waals surface area contributed by atoms with Gasteiger partial charge in [-0.1, -0.05) is 31.1 Å². The Labute approximate surface area is 118 Å². The first-order valence-corrected chi connectivity index (χ1v) is 7.74. The third kappa shape index (κ3) is 4.09. The van der Waals surface area contributed by atoms with E-state index >= 15 is 0 Å². The number of nitrogens with one attached hydrogen (secondary N) is 1. The molecule has 2 rings (SSSR count). The highest BCUT2D eigenvalue weighted by Gasteiger charge is 2.16. The van der Waals surface area contributed by atoms with Crippen LogP contribution in [0.25, 0.3) is 0 Å². The number of hydrogen-bond acceptors (Lipinski definition) is 3. The molecule has 1 heterocycles. The summed E-state index contributed by atoms with van der Waals surface area (Å²) >= 11 is 1.44. The lowest BCUT2D eigenvalue weighted by Crippen LogP contribution is -2.30. The second-order valence-corrected chi connectivity index (χ2v) is 5.80. The van der Waals surface area contributed by atoms with Crippen LogP contribution in [-0.4, -0.2) is 19.0 Å². The van der Waals surface area contributed by atoms with Crippen LogP contribution in [0.4, 0.5) is 0 Å². The van der Waals surface area contributed by atoms with Gasteiger partial charge in [0.2, 0.25) is 0 Å². The van der Waals surface area contributed by atoms with Gasteiger partial charge >= 0.3 is 0 Å². The van der Waals surface area contributed by atoms with E-state index in [1.807, 2.05) is 11.4 Å². The van der Waals surface area contributed by atoms with Crippen molar-refractivity contribution in [2.24, 2.45) is 11.7 Å². The van der Waals surface area contributed by atoms with E-state index in [0.29, 0.717) is 17.3 Å². The molecule has 1 saturated carbocycles. The lowest BCUT2D eigenvalue weighted by atomic mass is 9.89. The smallest absolute Gasteiger partial charge is 0.262 e. The minimum atomic E-state index is 0.00175. The van der Waals surface area contributed by atoms with Gasteiger partial charge in [0, 0.05) is 12.1 Å². The highest BCUT2D eigenvalue weighted by molar-refractivity contribution is 7.12. The Morgan fingerprint density at radius 2 is 2.21 bits per heavy atom. The van der Waals surface area contributed by atoms with Crippen LogP contribution >= 0.6 is 11.3 Å². The van der Waals surface area contributed by atoms with Gasteiger partial charge in [-0.15, -0.1) is 11.3 Å². The number of carbonyl (C=O) groups excluding carboxylic acids is 1. The Morgan fingerprint density at radius 1 is 1.42 bits per heavy atom. The fourth-order valence-corrected chi connectivity index (χ4v) is 3.20. The van der Waals surface area contributed by atoms with Crippen molar-refractivity contribution < 1.29 is 4.79 Å². The fourth-order valence-electron chi connectivity index (χ4n) is 2.44. The highest BCUT2D eigenvalue weighted by Crippen LogP contribution is 2.23. The molecule has 102 valence electrons. The van der Waals surface area contributed by atoms with E-state index in [4.69, 9.17) is 5.73 Å². The summed E-state index contributed by atoms with van der Waals surface area (Å²) in [6.45, 7) is 1.11. The highest BCUT2D eigenvalue weighted by atomic mass is 32.1. The molecule has 0 atom stereocenters. The number of thiophene rings is 1. The van der Waals surface area contributed by atoms with Crippen LogP contribution in [0, 0.1) is 17.8 Å². The van der Waals surface area contributed by atoms with Crippen LogP contribution in [0.5, 0.6) is 0 Å². The van der Waals surface area contributed by atoms with Crippen molar-refractivity contribution in [3.8, 4) is 11.8 Å². The van der Waals surface area contributed by atoms with Gasteiger partial charge in [-0.2, -0.15) is 0 Å². The van der Waals surface area contributed by atoms with Crippen LogP contribution in [0.2, 0.25) is 0 Å². The quantitative estimate of drug-likeness (QED) is 0.833. The van der Waals surface area contributed by atoms with Gasteiger partial charge < -0.3 is 11.1 Å². The van der Waals surface area contributed by atoms with E-state index in [2.05, 4.69) is 17.2 Å². The van der Waals surface area contributed by atoms with Crippen LogP contribution in [0.15, 0.2) is 11.4 Å². The third-order valence-electron chi connectivity index (χ3n) is 3.47. The summed E-state index contributed by atoms with van der Waals surface area (Å²) in [5.41, 5.74) is 6.15. The Balaban J connectivity index is 1.90. The molecule has 0 aromatic carbocycles. The molecule has 1 aliphatic carbocycles. The van der Waals surface area contributed by atoms with Gasteiger partial charge in [-0.3, -0.25) is 4.79 Å². The summed E-state index contributed by atoms with van der Waals surface area (Å²) in [4.78, 5) is 12.8. The molecular formula is C15H20N2OS. The second kappa shape index (κ2) is 7.32. The van der Waals surface area contributed by atoms with E-state index in [-0.39, 0.29) is 5.91 Å². The number of hydrogen-bond donors (Lipinski definition) is 2. The van der Waals surface area contributed by atoms with Crippen LogP contribution < -0.4 is 11.1 Å². The summed E-state index contributed by atoms with van der Waals surface area (Å²) in [5.74, 6) is 6.39. The molecule has 0 spiro atoms. The van der Waals surface area contributed by atoms with E-state index in [1.165, 1.54) is 43.4 Å². The molecule has 1 aromatic rings. The molecule has 1 amide bonds. The van der Waals surface area contributed by atoms with Crippen molar-refractivity contribution >= 4 is 17.2 Å². The Bertz CT molecular complexity index is 478. The summed E-state index contributed by atoms with van der Waals surface area (Å²) in [7, 11) is 0. The van der Waals surface area contributed by atoms with E-state index < -0.39 is 0 Å². The topological polar surface area (TPSA) is 55.1 Å². The SMILES string of the molecule is NCC#Cc1ccsc1C(=O)NCC1CCCCC1. The summed E-state index contributed by atoms with van der Waals surface area (Å²) in [6, 6.07) is 1.88. The summed E-state index contributed by atoms with van der Waals surface area (Å²) < 4.78 is 0. The first-order valence-electron chi connectivity index (χ1n) is 6.86. The number of nitrogens with two attached hydrogens (primary N) is 1. The molecule has 0 radical (unpaired) electrons. The lowest BCUT2D eigenvalue weighted by Gasteiger charge is -2.21. The van der Waals surface area contributed by atoms with Crippen LogP contribution in [0.3, 0.4) is 0 Å². The number of rotatable bonds is 3. The monoisotopic (exact) mass is 276 g/mol. The molecule has 1 fully saturated rings. The first kappa shape index (κ1) is 14.1. The maximum atomic E-state index is 12.1. The largest absolute Gasteiger partial charge is 0.351 e. The van der Waals surface area contributed by atoms with Crippen molar-refractivity contribution in [2.75, 3.05) is 13.1 Å². The molecule has 0 saturated heterocycles. The van der Waals surface area contributed by atoms with Crippen molar-refractivity contribution in [2.45, 2.75) is 32.1 Å². The van der Waals surface area contributed by atoms with Crippen molar-refractivity contribution in [3.63, 3.8) is 0 Å². The molecule has 4 heteroatoms. The average Bonchev–Trinajstić information content (AvgIpc) is 2.92. The summed E-state index contributed by atoms with van der Waals surface area (Å²) in [6.07, 6.45) is 6.42. The standard InChI is InChI=1S/C15H20N2OS/c16-9-4-7-13-8-10-19-14(13)15(18)17-11-12-5-2-1-3-6-12/h8,10,12H,1-3,5-6,9,11,16H2,(H,17,18). The Morgan fingerprint density at radius 3 is 2.95 bits per heavy atom. The third-order valence-corrected chi connectivity index (χ3v) is 4.39. The maximum absolute atomic E-state index is 12.1. The van der Waals surface area contributed by atoms with Gasteiger partial charge in [0.15, 0.2) is 0 Å². The molecule has 1 aliphatic rings. The van der Waals surface area contributed by atoms with Crippen LogP contribution in [0.1, 0.15) is 47.3 Å². The second-order valence-electron chi connectivity index (χ2n) is 4.88. The Kier molecular flexibility index (Phi) is 5.44. The molecule has 3 nitrogen and oxygen atoms in total. The number of carbonyl (C=O) groups is 1. The predicted octanol–water partition coefficient (Wildman–Crippen LogP) is 2.37. The normalized spacial score (nSPS) is 15.6. The zero-order valence-corrected chi connectivity index (χ0v) is 11.9. The van der Waals surface area contributed by atoms with Gasteiger partial charge in [-0.25, -0.2) is 0 Å². The van der Waals surface area contributed by atoms with Gasteiger partial charge in [0.25, 0.3) is 5.91 Å². The van der Waals surface area contributed by atoms with Crippen molar-refractivity contribution in [3.05, 3.63) is 21.9 Å². The zero-order chi connectivity index (χ0) is 13.5. The molecule has 1 aromatic heterocycles. The molecule has 0 bridgehead atoms. The van der Waals surface area contributed by atoms with Crippen LogP contribution in [-0.2, 0) is 0 Å².